The molecule has 0 atom stereocenters. The van der Waals surface area contributed by atoms with Gasteiger partial charge in [-0.1, -0.05) is 28.9 Å². The van der Waals surface area contributed by atoms with E-state index in [0.717, 1.165) is 0 Å². The summed E-state index contributed by atoms with van der Waals surface area (Å²) in [5.41, 5.74) is 0.427. The summed E-state index contributed by atoms with van der Waals surface area (Å²) < 4.78 is 16.9. The highest BCUT2D eigenvalue weighted by atomic mass is 35.5. The lowest BCUT2D eigenvalue weighted by molar-refractivity contribution is 0.0516. The van der Waals surface area contributed by atoms with Crippen LogP contribution in [0.25, 0.3) is 22.6 Å². The van der Waals surface area contributed by atoms with E-state index in [2.05, 4.69) is 15.1 Å². The highest BCUT2D eigenvalue weighted by Gasteiger charge is 2.23. The molecule has 1 aromatic carbocycles. The maximum Gasteiger partial charge on any atom is 0.361 e. The fourth-order valence-corrected chi connectivity index (χ4v) is 3.03. The Morgan fingerprint density at radius 3 is 2.86 bits per heavy atom. The van der Waals surface area contributed by atoms with Crippen molar-refractivity contribution in [1.29, 1.82) is 0 Å². The van der Waals surface area contributed by atoms with Crippen molar-refractivity contribution < 1.29 is 18.5 Å². The van der Waals surface area contributed by atoms with E-state index in [1.165, 1.54) is 10.9 Å². The lowest BCUT2D eigenvalue weighted by Gasteiger charge is -2.03. The number of aromatic nitrogens is 4. The molecule has 10 heteroatoms. The van der Waals surface area contributed by atoms with Gasteiger partial charge in [0, 0.05) is 0 Å². The minimum Gasteiger partial charge on any atom is -0.461 e. The standard InChI is InChI=1S/C19H15ClN4O5/c1-3-27-19(26)15-14-17(29-23-15)21-9-24(18(14)25)8-13-10(2)28-16(22-13)11-6-4-5-7-12(11)20/h4-7,9H,3,8H2,1-2H3. The molecule has 4 aromatic rings. The summed E-state index contributed by atoms with van der Waals surface area (Å²) in [5, 5.41) is 4.08. The van der Waals surface area contributed by atoms with Crippen LogP contribution in [0.5, 0.6) is 0 Å². The Morgan fingerprint density at radius 1 is 1.31 bits per heavy atom. The van der Waals surface area contributed by atoms with Crippen LogP contribution in [0, 0.1) is 6.92 Å². The average Bonchev–Trinajstić information content (AvgIpc) is 3.29. The fourth-order valence-electron chi connectivity index (χ4n) is 2.82. The van der Waals surface area contributed by atoms with E-state index in [1.807, 2.05) is 12.1 Å². The number of hydrogen-bond acceptors (Lipinski definition) is 8. The molecule has 0 aliphatic carbocycles. The highest BCUT2D eigenvalue weighted by Crippen LogP contribution is 2.28. The van der Waals surface area contributed by atoms with Crippen LogP contribution < -0.4 is 5.56 Å². The van der Waals surface area contributed by atoms with Gasteiger partial charge in [0.05, 0.1) is 23.7 Å². The summed E-state index contributed by atoms with van der Waals surface area (Å²) >= 11 is 6.21. The van der Waals surface area contributed by atoms with Crippen molar-refractivity contribution in [2.75, 3.05) is 6.61 Å². The number of oxazole rings is 1. The second-order valence-electron chi connectivity index (χ2n) is 6.11. The molecule has 0 amide bonds. The number of fused-ring (bicyclic) bond motifs is 1. The van der Waals surface area contributed by atoms with Crippen LogP contribution >= 0.6 is 11.6 Å². The largest absolute Gasteiger partial charge is 0.461 e. The first kappa shape index (κ1) is 18.9. The monoisotopic (exact) mass is 414 g/mol. The first-order valence-electron chi connectivity index (χ1n) is 8.72. The second kappa shape index (κ2) is 7.51. The number of esters is 1. The number of carbonyl (C=O) groups is 1. The van der Waals surface area contributed by atoms with Crippen LogP contribution in [-0.4, -0.2) is 32.3 Å². The lowest BCUT2D eigenvalue weighted by Crippen LogP contribution is -2.23. The van der Waals surface area contributed by atoms with Crippen LogP contribution in [-0.2, 0) is 11.3 Å². The summed E-state index contributed by atoms with van der Waals surface area (Å²) in [7, 11) is 0. The van der Waals surface area contributed by atoms with E-state index in [-0.39, 0.29) is 29.9 Å². The molecule has 0 aliphatic heterocycles. The van der Waals surface area contributed by atoms with E-state index in [9.17, 15) is 9.59 Å². The molecule has 148 valence electrons. The third kappa shape index (κ3) is 3.40. The maximum absolute atomic E-state index is 12.9. The summed E-state index contributed by atoms with van der Waals surface area (Å²) in [6, 6.07) is 7.16. The molecule has 0 N–H and O–H groups in total. The van der Waals surface area contributed by atoms with Gasteiger partial charge in [-0.25, -0.2) is 14.8 Å². The summed E-state index contributed by atoms with van der Waals surface area (Å²) in [6.45, 7) is 3.61. The maximum atomic E-state index is 12.9. The molecular weight excluding hydrogens is 400 g/mol. The Balaban J connectivity index is 1.73. The van der Waals surface area contributed by atoms with Crippen molar-refractivity contribution in [3.8, 4) is 11.5 Å². The number of ether oxygens (including phenoxy) is 1. The van der Waals surface area contributed by atoms with Gasteiger partial charge in [-0.05, 0) is 26.0 Å². The molecule has 0 aliphatic rings. The van der Waals surface area contributed by atoms with Gasteiger partial charge in [-0.3, -0.25) is 9.36 Å². The minimum atomic E-state index is -0.749. The van der Waals surface area contributed by atoms with Gasteiger partial charge >= 0.3 is 5.97 Å². The van der Waals surface area contributed by atoms with Gasteiger partial charge in [-0.15, -0.1) is 0 Å². The number of hydrogen-bond donors (Lipinski definition) is 0. The number of rotatable bonds is 5. The SMILES string of the molecule is CCOC(=O)c1noc2ncn(Cc3nc(-c4ccccc4Cl)oc3C)c(=O)c12. The van der Waals surface area contributed by atoms with Crippen molar-refractivity contribution in [2.45, 2.75) is 20.4 Å². The van der Waals surface area contributed by atoms with Gasteiger partial charge in [0.15, 0.2) is 0 Å². The Kier molecular flexibility index (Phi) is 4.89. The van der Waals surface area contributed by atoms with Crippen molar-refractivity contribution >= 4 is 28.7 Å². The first-order valence-corrected chi connectivity index (χ1v) is 9.10. The normalized spacial score (nSPS) is 11.1. The average molecular weight is 415 g/mol. The van der Waals surface area contributed by atoms with Crippen LogP contribution in [0.1, 0.15) is 28.9 Å². The van der Waals surface area contributed by atoms with Gasteiger partial charge in [0.2, 0.25) is 11.6 Å². The zero-order valence-corrected chi connectivity index (χ0v) is 16.3. The summed E-state index contributed by atoms with van der Waals surface area (Å²) in [6.07, 6.45) is 1.30. The van der Waals surface area contributed by atoms with Gasteiger partial charge in [0.25, 0.3) is 11.3 Å². The third-order valence-electron chi connectivity index (χ3n) is 4.25. The smallest absolute Gasteiger partial charge is 0.361 e. The quantitative estimate of drug-likeness (QED) is 0.457. The van der Waals surface area contributed by atoms with Crippen LogP contribution in [0.2, 0.25) is 5.02 Å². The highest BCUT2D eigenvalue weighted by molar-refractivity contribution is 6.33. The molecule has 9 nitrogen and oxygen atoms in total. The fraction of sp³-hybridized carbons (Fsp3) is 0.211. The summed E-state index contributed by atoms with van der Waals surface area (Å²) in [4.78, 5) is 33.4. The van der Waals surface area contributed by atoms with Crippen LogP contribution in [0.3, 0.4) is 0 Å². The van der Waals surface area contributed by atoms with Gasteiger partial charge in [0.1, 0.15) is 23.2 Å². The van der Waals surface area contributed by atoms with Crippen molar-refractivity contribution in [1.82, 2.24) is 19.7 Å². The van der Waals surface area contributed by atoms with Gasteiger partial charge < -0.3 is 13.7 Å². The zero-order valence-electron chi connectivity index (χ0n) is 15.5. The Labute approximate surface area is 168 Å². The molecule has 3 aromatic heterocycles. The van der Waals surface area contributed by atoms with E-state index >= 15 is 0 Å². The van der Waals surface area contributed by atoms with Crippen molar-refractivity contribution in [3.05, 3.63) is 63.1 Å². The Bertz CT molecular complexity index is 1270. The molecule has 3 heterocycles. The molecular formula is C19H15ClN4O5. The van der Waals surface area contributed by atoms with Crippen LogP contribution in [0.15, 0.2) is 44.3 Å². The van der Waals surface area contributed by atoms with E-state index in [1.54, 1.807) is 26.0 Å². The molecule has 0 saturated carbocycles. The molecule has 0 radical (unpaired) electrons. The number of benzene rings is 1. The first-order chi connectivity index (χ1) is 14.0. The molecule has 0 fully saturated rings. The topological polar surface area (TPSA) is 113 Å². The number of nitrogens with zero attached hydrogens (tertiary/aromatic N) is 4. The Hall–Kier alpha value is -3.46. The predicted molar refractivity (Wildman–Crippen MR) is 103 cm³/mol. The molecule has 0 unspecified atom stereocenters. The third-order valence-corrected chi connectivity index (χ3v) is 4.58. The van der Waals surface area contributed by atoms with Gasteiger partial charge in [-0.2, -0.15) is 0 Å². The van der Waals surface area contributed by atoms with E-state index in [0.29, 0.717) is 27.9 Å². The summed E-state index contributed by atoms with van der Waals surface area (Å²) in [5.74, 6) is 0.131. The predicted octanol–water partition coefficient (Wildman–Crippen LogP) is 3.23. The van der Waals surface area contributed by atoms with E-state index < -0.39 is 11.5 Å². The number of aryl methyl sites for hydroxylation is 1. The zero-order chi connectivity index (χ0) is 20.5. The lowest BCUT2D eigenvalue weighted by atomic mass is 10.2. The van der Waals surface area contributed by atoms with Crippen molar-refractivity contribution in [2.24, 2.45) is 0 Å². The molecule has 0 spiro atoms. The molecule has 4 rings (SSSR count). The van der Waals surface area contributed by atoms with Crippen molar-refractivity contribution in [3.63, 3.8) is 0 Å². The number of carbonyl (C=O) groups excluding carboxylic acids is 1. The second-order valence-corrected chi connectivity index (χ2v) is 6.52. The molecule has 0 bridgehead atoms. The molecule has 0 saturated heterocycles. The Morgan fingerprint density at radius 2 is 2.10 bits per heavy atom. The van der Waals surface area contributed by atoms with E-state index in [4.69, 9.17) is 25.3 Å². The molecule has 29 heavy (non-hydrogen) atoms. The number of halogens is 1. The minimum absolute atomic E-state index is 0.0389. The van der Waals surface area contributed by atoms with Crippen LogP contribution in [0.4, 0.5) is 0 Å².